The first-order valence-electron chi connectivity index (χ1n) is 12.8. The molecule has 0 radical (unpaired) electrons. The summed E-state index contributed by atoms with van der Waals surface area (Å²) in [5, 5.41) is 10.8. The van der Waals surface area contributed by atoms with Gasteiger partial charge in [0.15, 0.2) is 11.6 Å². The highest BCUT2D eigenvalue weighted by Gasteiger charge is 2.19. The predicted octanol–water partition coefficient (Wildman–Crippen LogP) is 6.76. The molecule has 0 fully saturated rings. The maximum atomic E-state index is 15.2. The Labute approximate surface area is 231 Å². The fourth-order valence-corrected chi connectivity index (χ4v) is 5.44. The molecule has 0 unspecified atom stereocenters. The Morgan fingerprint density at radius 2 is 1.95 bits per heavy atom. The van der Waals surface area contributed by atoms with E-state index in [1.54, 1.807) is 36.8 Å². The largest absolute Gasteiger partial charge is 0.336 e. The topological polar surface area (TPSA) is 129 Å². The number of pyridine rings is 2. The number of aromatic amines is 2. The average Bonchev–Trinajstić information content (AvgIpc) is 3.69. The third-order valence-electron chi connectivity index (χ3n) is 6.55. The zero-order chi connectivity index (χ0) is 27.8. The summed E-state index contributed by atoms with van der Waals surface area (Å²) >= 11 is 1.37. The van der Waals surface area contributed by atoms with E-state index in [-0.39, 0.29) is 11.7 Å². The van der Waals surface area contributed by atoms with Crippen molar-refractivity contribution in [1.29, 1.82) is 0 Å². The Bertz CT molecular complexity index is 1910. The van der Waals surface area contributed by atoms with Crippen LogP contribution in [0.5, 0.6) is 0 Å². The molecule has 0 atom stereocenters. The molecule has 40 heavy (non-hydrogen) atoms. The minimum absolute atomic E-state index is 0.00298. The minimum atomic E-state index is -0.450. The van der Waals surface area contributed by atoms with E-state index in [0.717, 1.165) is 23.2 Å². The number of nitrogens with one attached hydrogen (secondary N) is 3. The van der Waals surface area contributed by atoms with E-state index in [9.17, 15) is 9.59 Å². The Hall–Kier alpha value is -4.77. The number of benzene rings is 1. The SMILES string of the molecule is CCCCC(=O)Nc1cncc(-c2cc3c(-c4nc5c(-c6ccc(C(C)=O)s6)nccc5[nH]4)n[nH]c3cc2F)c1. The van der Waals surface area contributed by atoms with Crippen LogP contribution in [0.15, 0.2) is 55.0 Å². The van der Waals surface area contributed by atoms with Gasteiger partial charge in [0, 0.05) is 41.4 Å². The molecule has 6 rings (SSSR count). The first kappa shape index (κ1) is 25.5. The first-order chi connectivity index (χ1) is 19.4. The lowest BCUT2D eigenvalue weighted by Crippen LogP contribution is -2.11. The summed E-state index contributed by atoms with van der Waals surface area (Å²) in [5.41, 5.74) is 4.44. The highest BCUT2D eigenvalue weighted by atomic mass is 32.1. The molecule has 1 aromatic carbocycles. The van der Waals surface area contributed by atoms with Gasteiger partial charge in [0.25, 0.3) is 0 Å². The summed E-state index contributed by atoms with van der Waals surface area (Å²) in [5.74, 6) is -0.0649. The number of carbonyl (C=O) groups is 2. The lowest BCUT2D eigenvalue weighted by Gasteiger charge is -2.08. The van der Waals surface area contributed by atoms with Crippen molar-refractivity contribution in [2.75, 3.05) is 5.32 Å². The number of ketones is 1. The van der Waals surface area contributed by atoms with E-state index >= 15 is 4.39 Å². The standard InChI is InChI=1S/C29H24FN7O2S/c1-3-4-5-25(39)33-17-10-16(13-31-14-17)18-11-19-22(12-20(18)30)36-37-26(19)29-34-21-8-9-32-28(27(21)35-29)24-7-6-23(40-24)15(2)38/h6-14H,3-5H2,1-2H3,(H,33,39)(H,34,35)(H,36,37). The molecule has 9 nitrogen and oxygen atoms in total. The van der Waals surface area contributed by atoms with Crippen LogP contribution in [-0.2, 0) is 4.79 Å². The molecular weight excluding hydrogens is 529 g/mol. The van der Waals surface area contributed by atoms with E-state index in [0.29, 0.717) is 61.7 Å². The number of rotatable bonds is 8. The van der Waals surface area contributed by atoms with Crippen LogP contribution >= 0.6 is 11.3 Å². The van der Waals surface area contributed by atoms with E-state index in [1.165, 1.54) is 24.3 Å². The normalized spacial score (nSPS) is 11.4. The van der Waals surface area contributed by atoms with Gasteiger partial charge in [-0.2, -0.15) is 5.10 Å². The lowest BCUT2D eigenvalue weighted by atomic mass is 10.0. The lowest BCUT2D eigenvalue weighted by molar-refractivity contribution is -0.116. The summed E-state index contributed by atoms with van der Waals surface area (Å²) in [6, 6.07) is 10.3. The van der Waals surface area contributed by atoms with Gasteiger partial charge in [0.05, 0.1) is 32.7 Å². The third kappa shape index (κ3) is 4.75. The Kier molecular flexibility index (Phi) is 6.64. The smallest absolute Gasteiger partial charge is 0.224 e. The van der Waals surface area contributed by atoms with Crippen LogP contribution in [0.25, 0.3) is 55.2 Å². The highest BCUT2D eigenvalue weighted by Crippen LogP contribution is 2.35. The van der Waals surface area contributed by atoms with Gasteiger partial charge in [-0.3, -0.25) is 24.7 Å². The molecule has 5 heterocycles. The molecule has 0 aliphatic carbocycles. The average molecular weight is 554 g/mol. The second-order valence-corrected chi connectivity index (χ2v) is 10.5. The van der Waals surface area contributed by atoms with E-state index in [2.05, 4.69) is 30.5 Å². The monoisotopic (exact) mass is 553 g/mol. The number of Topliss-reactive ketones (excluding diaryl/α,β-unsaturated/α-hetero) is 1. The number of halogens is 1. The number of thiophene rings is 1. The molecule has 3 N–H and O–H groups in total. The molecule has 200 valence electrons. The maximum absolute atomic E-state index is 15.2. The fourth-order valence-electron chi connectivity index (χ4n) is 4.54. The number of fused-ring (bicyclic) bond motifs is 2. The quantitative estimate of drug-likeness (QED) is 0.179. The number of carbonyl (C=O) groups excluding carboxylic acids is 2. The molecule has 0 bridgehead atoms. The second kappa shape index (κ2) is 10.4. The Balaban J connectivity index is 1.39. The van der Waals surface area contributed by atoms with E-state index in [1.807, 2.05) is 19.1 Å². The number of nitrogens with zero attached hydrogens (tertiary/aromatic N) is 4. The van der Waals surface area contributed by atoms with Gasteiger partial charge in [-0.25, -0.2) is 9.37 Å². The first-order valence-corrected chi connectivity index (χ1v) is 13.6. The molecule has 5 aromatic heterocycles. The van der Waals surface area contributed by atoms with Crippen LogP contribution in [0, 0.1) is 5.82 Å². The Morgan fingerprint density at radius 1 is 1.07 bits per heavy atom. The van der Waals surface area contributed by atoms with Gasteiger partial charge in [-0.05, 0) is 43.7 Å². The van der Waals surface area contributed by atoms with Crippen LogP contribution in [0.1, 0.15) is 42.8 Å². The molecule has 0 aliphatic rings. The van der Waals surface area contributed by atoms with E-state index < -0.39 is 5.82 Å². The number of imidazole rings is 1. The van der Waals surface area contributed by atoms with Crippen molar-refractivity contribution in [3.63, 3.8) is 0 Å². The summed E-state index contributed by atoms with van der Waals surface area (Å²) in [7, 11) is 0. The summed E-state index contributed by atoms with van der Waals surface area (Å²) < 4.78 is 15.2. The van der Waals surface area contributed by atoms with Crippen molar-refractivity contribution in [2.45, 2.75) is 33.1 Å². The molecular formula is C29H24FN7O2S. The molecule has 11 heteroatoms. The van der Waals surface area contributed by atoms with Gasteiger partial charge >= 0.3 is 0 Å². The van der Waals surface area contributed by atoms with Crippen molar-refractivity contribution in [3.05, 3.63) is 65.7 Å². The van der Waals surface area contributed by atoms with Crippen molar-refractivity contribution in [3.8, 4) is 33.2 Å². The van der Waals surface area contributed by atoms with Crippen molar-refractivity contribution < 1.29 is 14.0 Å². The number of H-pyrrole nitrogens is 2. The van der Waals surface area contributed by atoms with Gasteiger partial charge in [-0.1, -0.05) is 13.3 Å². The molecule has 0 aliphatic heterocycles. The number of aromatic nitrogens is 6. The number of amides is 1. The van der Waals surface area contributed by atoms with E-state index in [4.69, 9.17) is 4.98 Å². The molecule has 0 saturated carbocycles. The zero-order valence-electron chi connectivity index (χ0n) is 21.7. The molecule has 0 saturated heterocycles. The highest BCUT2D eigenvalue weighted by molar-refractivity contribution is 7.17. The third-order valence-corrected chi connectivity index (χ3v) is 7.75. The number of hydrogen-bond acceptors (Lipinski definition) is 7. The van der Waals surface area contributed by atoms with Gasteiger partial charge in [0.1, 0.15) is 22.7 Å². The van der Waals surface area contributed by atoms with Gasteiger partial charge in [0.2, 0.25) is 5.91 Å². The van der Waals surface area contributed by atoms with Crippen molar-refractivity contribution in [2.24, 2.45) is 0 Å². The molecule has 6 aromatic rings. The van der Waals surface area contributed by atoms with Crippen LogP contribution < -0.4 is 5.32 Å². The van der Waals surface area contributed by atoms with Gasteiger partial charge < -0.3 is 10.3 Å². The van der Waals surface area contributed by atoms with Crippen molar-refractivity contribution >= 4 is 50.7 Å². The van der Waals surface area contributed by atoms with Crippen LogP contribution in [0.3, 0.4) is 0 Å². The minimum Gasteiger partial charge on any atom is -0.336 e. The Morgan fingerprint density at radius 3 is 2.75 bits per heavy atom. The zero-order valence-corrected chi connectivity index (χ0v) is 22.5. The van der Waals surface area contributed by atoms with Gasteiger partial charge in [-0.15, -0.1) is 11.3 Å². The summed E-state index contributed by atoms with van der Waals surface area (Å²) in [6.45, 7) is 3.56. The number of anilines is 1. The fraction of sp³-hybridized carbons (Fsp3) is 0.172. The summed E-state index contributed by atoms with van der Waals surface area (Å²) in [6.07, 6.45) is 6.91. The second-order valence-electron chi connectivity index (χ2n) is 9.43. The molecule has 0 spiro atoms. The predicted molar refractivity (Wildman–Crippen MR) is 154 cm³/mol. The van der Waals surface area contributed by atoms with Crippen LogP contribution in [0.2, 0.25) is 0 Å². The maximum Gasteiger partial charge on any atom is 0.224 e. The van der Waals surface area contributed by atoms with Crippen molar-refractivity contribution in [1.82, 2.24) is 30.1 Å². The molecule has 1 amide bonds. The summed E-state index contributed by atoms with van der Waals surface area (Å²) in [4.78, 5) is 42.3. The number of hydrogen-bond donors (Lipinski definition) is 3. The van der Waals surface area contributed by atoms with Crippen LogP contribution in [0.4, 0.5) is 10.1 Å². The van der Waals surface area contributed by atoms with Crippen LogP contribution in [-0.4, -0.2) is 41.8 Å². The number of unbranched alkanes of at least 4 members (excludes halogenated alkanes) is 1.